The molecule has 5 rings (SSSR count). The van der Waals surface area contributed by atoms with Gasteiger partial charge in [-0.05, 0) is 48.9 Å². The van der Waals surface area contributed by atoms with Crippen LogP contribution in [0.2, 0.25) is 0 Å². The minimum Gasteiger partial charge on any atom is -0.497 e. The van der Waals surface area contributed by atoms with Gasteiger partial charge in [-0.3, -0.25) is 4.79 Å². The molecule has 0 spiro atoms. The van der Waals surface area contributed by atoms with Crippen molar-refractivity contribution < 1.29 is 14.3 Å². The van der Waals surface area contributed by atoms with Gasteiger partial charge in [0.15, 0.2) is 5.65 Å². The zero-order valence-electron chi connectivity index (χ0n) is 17.9. The van der Waals surface area contributed by atoms with Gasteiger partial charge in [0.05, 0.1) is 25.8 Å². The summed E-state index contributed by atoms with van der Waals surface area (Å²) in [4.78, 5) is 28.5. The summed E-state index contributed by atoms with van der Waals surface area (Å²) in [5, 5.41) is 0. The Balaban J connectivity index is 1.47. The number of carbonyl (C=O) groups excluding carboxylic acids is 1. The molecule has 1 aliphatic heterocycles. The molecule has 0 radical (unpaired) electrons. The Labute approximate surface area is 185 Å². The fraction of sp³-hybridized carbons (Fsp3) is 0.250. The number of likely N-dealkylation sites (tertiary alicyclic amines) is 1. The van der Waals surface area contributed by atoms with Crippen LogP contribution in [-0.2, 0) is 0 Å². The van der Waals surface area contributed by atoms with Crippen molar-refractivity contribution >= 4 is 17.1 Å². The number of methoxy groups -OCH3 is 2. The van der Waals surface area contributed by atoms with Gasteiger partial charge < -0.3 is 18.9 Å². The SMILES string of the molecule is COc1ccc(-c2nc3cccnc3n2[C@H]2CCN(C(=O)c3ccc(OC)nc3)C2)cc1. The molecule has 0 bridgehead atoms. The van der Waals surface area contributed by atoms with Crippen LogP contribution in [0.25, 0.3) is 22.6 Å². The van der Waals surface area contributed by atoms with Crippen LogP contribution >= 0.6 is 0 Å². The van der Waals surface area contributed by atoms with Crippen LogP contribution in [0.1, 0.15) is 22.8 Å². The fourth-order valence-electron chi connectivity index (χ4n) is 4.17. The van der Waals surface area contributed by atoms with Gasteiger partial charge in [-0.15, -0.1) is 0 Å². The second-order valence-corrected chi connectivity index (χ2v) is 7.66. The minimum atomic E-state index is -0.0361. The average Bonchev–Trinajstić information content (AvgIpc) is 3.48. The molecule has 1 fully saturated rings. The van der Waals surface area contributed by atoms with E-state index in [9.17, 15) is 4.79 Å². The Kier molecular flexibility index (Phi) is 5.18. The normalized spacial score (nSPS) is 15.8. The summed E-state index contributed by atoms with van der Waals surface area (Å²) in [7, 11) is 3.20. The number of ether oxygens (including phenoxy) is 2. The number of amides is 1. The molecule has 162 valence electrons. The summed E-state index contributed by atoms with van der Waals surface area (Å²) in [6.07, 6.45) is 4.16. The van der Waals surface area contributed by atoms with Gasteiger partial charge in [0, 0.05) is 37.1 Å². The molecular weight excluding hydrogens is 406 g/mol. The Morgan fingerprint density at radius 3 is 2.59 bits per heavy atom. The molecule has 1 saturated heterocycles. The molecule has 1 amide bonds. The van der Waals surface area contributed by atoms with Crippen LogP contribution < -0.4 is 9.47 Å². The quantitative estimate of drug-likeness (QED) is 0.482. The second-order valence-electron chi connectivity index (χ2n) is 7.66. The number of hydrogen-bond donors (Lipinski definition) is 0. The van der Waals surface area contributed by atoms with E-state index in [4.69, 9.17) is 14.5 Å². The maximum Gasteiger partial charge on any atom is 0.255 e. The number of fused-ring (bicyclic) bond motifs is 1. The summed E-state index contributed by atoms with van der Waals surface area (Å²) in [6.45, 7) is 1.24. The predicted molar refractivity (Wildman–Crippen MR) is 120 cm³/mol. The van der Waals surface area contributed by atoms with Crippen molar-refractivity contribution in [1.29, 1.82) is 0 Å². The molecule has 8 heteroatoms. The van der Waals surface area contributed by atoms with E-state index in [-0.39, 0.29) is 11.9 Å². The predicted octanol–water partition coefficient (Wildman–Crippen LogP) is 3.60. The van der Waals surface area contributed by atoms with Crippen LogP contribution in [0, 0.1) is 0 Å². The van der Waals surface area contributed by atoms with E-state index in [1.807, 2.05) is 41.3 Å². The highest BCUT2D eigenvalue weighted by atomic mass is 16.5. The average molecular weight is 429 g/mol. The van der Waals surface area contributed by atoms with Crippen molar-refractivity contribution in [3.63, 3.8) is 0 Å². The zero-order valence-corrected chi connectivity index (χ0v) is 17.9. The van der Waals surface area contributed by atoms with Gasteiger partial charge >= 0.3 is 0 Å². The summed E-state index contributed by atoms with van der Waals surface area (Å²) < 4.78 is 12.5. The number of pyridine rings is 2. The highest BCUT2D eigenvalue weighted by Crippen LogP contribution is 2.33. The maximum absolute atomic E-state index is 13.0. The Morgan fingerprint density at radius 2 is 1.88 bits per heavy atom. The number of aromatic nitrogens is 4. The number of carbonyl (C=O) groups is 1. The summed E-state index contributed by atoms with van der Waals surface area (Å²) in [5.41, 5.74) is 3.19. The van der Waals surface area contributed by atoms with Gasteiger partial charge in [0.25, 0.3) is 5.91 Å². The molecule has 1 aliphatic rings. The lowest BCUT2D eigenvalue weighted by Gasteiger charge is -2.19. The largest absolute Gasteiger partial charge is 0.497 e. The third-order valence-corrected chi connectivity index (χ3v) is 5.81. The highest BCUT2D eigenvalue weighted by Gasteiger charge is 2.31. The van der Waals surface area contributed by atoms with Crippen molar-refractivity contribution in [2.24, 2.45) is 0 Å². The molecule has 1 aromatic carbocycles. The third kappa shape index (κ3) is 3.53. The first-order valence-electron chi connectivity index (χ1n) is 10.4. The summed E-state index contributed by atoms with van der Waals surface area (Å²) in [6, 6.07) is 15.2. The number of hydrogen-bond acceptors (Lipinski definition) is 6. The molecule has 0 aliphatic carbocycles. The number of nitrogens with zero attached hydrogens (tertiary/aromatic N) is 5. The van der Waals surface area contributed by atoms with Gasteiger partial charge in [-0.25, -0.2) is 15.0 Å². The third-order valence-electron chi connectivity index (χ3n) is 5.81. The molecule has 3 aromatic heterocycles. The monoisotopic (exact) mass is 429 g/mol. The standard InChI is InChI=1S/C24H23N5O3/c1-31-19-8-5-16(6-9-19)22-27-20-4-3-12-25-23(20)29(22)18-11-13-28(15-18)24(30)17-7-10-21(32-2)26-14-17/h3-10,12,14,18H,11,13,15H2,1-2H3/t18-/m0/s1. The summed E-state index contributed by atoms with van der Waals surface area (Å²) >= 11 is 0. The summed E-state index contributed by atoms with van der Waals surface area (Å²) in [5.74, 6) is 2.08. The van der Waals surface area contributed by atoms with E-state index in [1.54, 1.807) is 38.7 Å². The van der Waals surface area contributed by atoms with Gasteiger partial charge in [0.1, 0.15) is 17.1 Å². The van der Waals surface area contributed by atoms with E-state index in [0.29, 0.717) is 24.5 Å². The number of benzene rings is 1. The lowest BCUT2D eigenvalue weighted by atomic mass is 10.2. The lowest BCUT2D eigenvalue weighted by molar-refractivity contribution is 0.0787. The molecule has 4 heterocycles. The van der Waals surface area contributed by atoms with Crippen LogP contribution in [0.15, 0.2) is 60.9 Å². The van der Waals surface area contributed by atoms with Crippen LogP contribution in [0.4, 0.5) is 0 Å². The molecule has 4 aromatic rings. The Morgan fingerprint density at radius 1 is 1.03 bits per heavy atom. The number of imidazole rings is 1. The topological polar surface area (TPSA) is 82.4 Å². The van der Waals surface area contributed by atoms with E-state index >= 15 is 0 Å². The zero-order chi connectivity index (χ0) is 22.1. The molecule has 0 unspecified atom stereocenters. The molecular formula is C24H23N5O3. The minimum absolute atomic E-state index is 0.0361. The lowest BCUT2D eigenvalue weighted by Crippen LogP contribution is -2.29. The second kappa shape index (κ2) is 8.30. The van der Waals surface area contributed by atoms with Crippen LogP contribution in [-0.4, -0.2) is 57.6 Å². The van der Waals surface area contributed by atoms with Crippen molar-refractivity contribution in [2.75, 3.05) is 27.3 Å². The van der Waals surface area contributed by atoms with Crippen LogP contribution in [0.5, 0.6) is 11.6 Å². The molecule has 8 nitrogen and oxygen atoms in total. The number of rotatable bonds is 5. The van der Waals surface area contributed by atoms with Crippen molar-refractivity contribution in [2.45, 2.75) is 12.5 Å². The van der Waals surface area contributed by atoms with Crippen molar-refractivity contribution in [3.05, 3.63) is 66.5 Å². The fourth-order valence-corrected chi connectivity index (χ4v) is 4.17. The molecule has 0 N–H and O–H groups in total. The van der Waals surface area contributed by atoms with E-state index in [1.165, 1.54) is 0 Å². The van der Waals surface area contributed by atoms with Gasteiger partial charge in [-0.2, -0.15) is 0 Å². The molecule has 0 saturated carbocycles. The highest BCUT2D eigenvalue weighted by molar-refractivity contribution is 5.94. The van der Waals surface area contributed by atoms with E-state index in [2.05, 4.69) is 14.5 Å². The molecule has 1 atom stereocenters. The Bertz CT molecular complexity index is 1250. The van der Waals surface area contributed by atoms with E-state index < -0.39 is 0 Å². The first-order valence-corrected chi connectivity index (χ1v) is 10.4. The maximum atomic E-state index is 13.0. The van der Waals surface area contributed by atoms with Crippen LogP contribution in [0.3, 0.4) is 0 Å². The van der Waals surface area contributed by atoms with Gasteiger partial charge in [0.2, 0.25) is 5.88 Å². The Hall–Kier alpha value is -3.94. The van der Waals surface area contributed by atoms with Crippen molar-refractivity contribution in [3.8, 4) is 23.0 Å². The van der Waals surface area contributed by atoms with Crippen molar-refractivity contribution in [1.82, 2.24) is 24.4 Å². The van der Waals surface area contributed by atoms with Gasteiger partial charge in [-0.1, -0.05) is 0 Å². The smallest absolute Gasteiger partial charge is 0.255 e. The molecule has 32 heavy (non-hydrogen) atoms. The van der Waals surface area contributed by atoms with E-state index in [0.717, 1.165) is 34.7 Å². The first-order chi connectivity index (χ1) is 15.7. The first kappa shape index (κ1) is 20.0.